The molecule has 0 radical (unpaired) electrons. The molecule has 1 aromatic carbocycles. The van der Waals surface area contributed by atoms with Crippen LogP contribution in [0.3, 0.4) is 0 Å². The number of rotatable bonds is 8. The van der Waals surface area contributed by atoms with E-state index >= 15 is 0 Å². The SMILES string of the molecule is COC1(C2(CCCNS(=O)(=O)c3ccc(C)cc3)CCCO2)SCCCS1. The minimum absolute atomic E-state index is 0.312. The molecule has 3 rings (SSSR count). The van der Waals surface area contributed by atoms with Gasteiger partial charge < -0.3 is 9.47 Å². The zero-order valence-corrected chi connectivity index (χ0v) is 18.5. The Morgan fingerprint density at radius 2 is 1.89 bits per heavy atom. The van der Waals surface area contributed by atoms with Crippen LogP contribution in [0, 0.1) is 6.92 Å². The minimum Gasteiger partial charge on any atom is -0.370 e. The molecule has 5 nitrogen and oxygen atoms in total. The van der Waals surface area contributed by atoms with Crippen LogP contribution in [0.5, 0.6) is 0 Å². The van der Waals surface area contributed by atoms with Gasteiger partial charge in [-0.05, 0) is 62.7 Å². The summed E-state index contributed by atoms with van der Waals surface area (Å²) in [6.45, 7) is 3.09. The van der Waals surface area contributed by atoms with E-state index in [2.05, 4.69) is 4.72 Å². The Hall–Kier alpha value is -0.250. The topological polar surface area (TPSA) is 64.6 Å². The number of ether oxygens (including phenoxy) is 2. The van der Waals surface area contributed by atoms with Gasteiger partial charge in [-0.1, -0.05) is 17.7 Å². The summed E-state index contributed by atoms with van der Waals surface area (Å²) in [6, 6.07) is 6.93. The normalized spacial score (nSPS) is 25.6. The van der Waals surface area contributed by atoms with Crippen molar-refractivity contribution in [2.75, 3.05) is 31.8 Å². The van der Waals surface area contributed by atoms with Crippen molar-refractivity contribution in [3.8, 4) is 0 Å². The quantitative estimate of drug-likeness (QED) is 0.632. The van der Waals surface area contributed by atoms with Crippen LogP contribution in [0.4, 0.5) is 0 Å². The van der Waals surface area contributed by atoms with Crippen molar-refractivity contribution >= 4 is 33.5 Å². The van der Waals surface area contributed by atoms with Gasteiger partial charge in [-0.3, -0.25) is 0 Å². The van der Waals surface area contributed by atoms with E-state index in [0.717, 1.165) is 49.4 Å². The molecule has 0 aliphatic carbocycles. The van der Waals surface area contributed by atoms with Crippen LogP contribution in [0.2, 0.25) is 0 Å². The molecule has 0 saturated carbocycles. The third-order valence-electron chi connectivity index (χ3n) is 5.18. The number of methoxy groups -OCH3 is 1. The summed E-state index contributed by atoms with van der Waals surface area (Å²) >= 11 is 3.69. The Kier molecular flexibility index (Phi) is 7.19. The second-order valence-electron chi connectivity index (χ2n) is 7.07. The highest BCUT2D eigenvalue weighted by Crippen LogP contribution is 2.56. The maximum atomic E-state index is 12.5. The monoisotopic (exact) mass is 431 g/mol. The van der Waals surface area contributed by atoms with Crippen LogP contribution >= 0.6 is 23.5 Å². The van der Waals surface area contributed by atoms with Gasteiger partial charge in [0.2, 0.25) is 10.0 Å². The van der Waals surface area contributed by atoms with Crippen molar-refractivity contribution in [2.24, 2.45) is 0 Å². The van der Waals surface area contributed by atoms with Crippen LogP contribution < -0.4 is 4.72 Å². The van der Waals surface area contributed by atoms with E-state index in [1.54, 1.807) is 19.2 Å². The van der Waals surface area contributed by atoms with Gasteiger partial charge in [0.25, 0.3) is 0 Å². The molecule has 0 amide bonds. The van der Waals surface area contributed by atoms with Gasteiger partial charge in [0, 0.05) is 20.3 Å². The van der Waals surface area contributed by atoms with Crippen molar-refractivity contribution in [1.82, 2.24) is 4.72 Å². The summed E-state index contributed by atoms with van der Waals surface area (Å²) in [6.07, 6.45) is 4.69. The third kappa shape index (κ3) is 4.67. The van der Waals surface area contributed by atoms with Crippen molar-refractivity contribution in [2.45, 2.75) is 53.8 Å². The molecule has 2 saturated heterocycles. The summed E-state index contributed by atoms with van der Waals surface area (Å²) in [4.78, 5) is 0.312. The Morgan fingerprint density at radius 1 is 1.19 bits per heavy atom. The van der Waals surface area contributed by atoms with E-state index in [9.17, 15) is 8.42 Å². The van der Waals surface area contributed by atoms with E-state index < -0.39 is 10.0 Å². The highest BCUT2D eigenvalue weighted by Gasteiger charge is 2.56. The first kappa shape index (κ1) is 21.5. The predicted molar refractivity (Wildman–Crippen MR) is 113 cm³/mol. The molecule has 2 heterocycles. The number of hydrogen-bond donors (Lipinski definition) is 1. The lowest BCUT2D eigenvalue weighted by Crippen LogP contribution is -2.52. The standard InChI is InChI=1S/C19H29NO4S3/c1-16-6-8-17(9-7-16)27(21,22)20-12-3-10-18(11-4-13-24-18)19(23-2)25-14-5-15-26-19/h6-9,20H,3-5,10-15H2,1-2H3. The average molecular weight is 432 g/mol. The van der Waals surface area contributed by atoms with E-state index in [0.29, 0.717) is 11.4 Å². The molecule has 27 heavy (non-hydrogen) atoms. The molecule has 0 spiro atoms. The number of sulfonamides is 1. The molecule has 1 N–H and O–H groups in total. The molecule has 0 aromatic heterocycles. The minimum atomic E-state index is -3.47. The molecular weight excluding hydrogens is 402 g/mol. The van der Waals surface area contributed by atoms with Gasteiger partial charge in [-0.2, -0.15) is 0 Å². The van der Waals surface area contributed by atoms with E-state index in [-0.39, 0.29) is 9.87 Å². The number of thioether (sulfide) groups is 2. The number of aryl methyl sites for hydroxylation is 1. The lowest BCUT2D eigenvalue weighted by Gasteiger charge is -2.47. The molecule has 1 unspecified atom stereocenters. The maximum absolute atomic E-state index is 12.5. The molecule has 152 valence electrons. The largest absolute Gasteiger partial charge is 0.370 e. The van der Waals surface area contributed by atoms with Crippen molar-refractivity contribution in [3.05, 3.63) is 29.8 Å². The van der Waals surface area contributed by atoms with Crippen molar-refractivity contribution < 1.29 is 17.9 Å². The lowest BCUT2D eigenvalue weighted by atomic mass is 9.94. The maximum Gasteiger partial charge on any atom is 0.240 e. The first-order valence-electron chi connectivity index (χ1n) is 9.46. The summed E-state index contributed by atoms with van der Waals surface area (Å²) in [7, 11) is -1.70. The number of benzene rings is 1. The fourth-order valence-electron chi connectivity index (χ4n) is 3.75. The molecule has 1 aromatic rings. The van der Waals surface area contributed by atoms with Gasteiger partial charge in [0.15, 0.2) is 4.27 Å². The molecular formula is C19H29NO4S3. The highest BCUT2D eigenvalue weighted by atomic mass is 32.2. The third-order valence-corrected chi connectivity index (χ3v) is 10.2. The first-order valence-corrected chi connectivity index (χ1v) is 12.9. The Morgan fingerprint density at radius 3 is 2.48 bits per heavy atom. The Balaban J connectivity index is 1.61. The second-order valence-corrected chi connectivity index (χ2v) is 11.6. The zero-order chi connectivity index (χ0) is 19.4. The van der Waals surface area contributed by atoms with E-state index in [1.165, 1.54) is 6.42 Å². The molecule has 0 bridgehead atoms. The van der Waals surface area contributed by atoms with Crippen LogP contribution in [0.15, 0.2) is 29.2 Å². The first-order chi connectivity index (χ1) is 12.9. The summed E-state index contributed by atoms with van der Waals surface area (Å²) in [5.41, 5.74) is 0.703. The molecule has 2 aliphatic rings. The Labute approximate surface area is 171 Å². The van der Waals surface area contributed by atoms with Gasteiger partial charge in [0.05, 0.1) is 4.90 Å². The fourth-order valence-corrected chi connectivity index (χ4v) is 8.24. The number of hydrogen-bond acceptors (Lipinski definition) is 6. The summed E-state index contributed by atoms with van der Waals surface area (Å²) in [5, 5.41) is 0. The van der Waals surface area contributed by atoms with Crippen LogP contribution in [-0.4, -0.2) is 50.1 Å². The Bertz CT molecular complexity index is 709. The van der Waals surface area contributed by atoms with E-state index in [4.69, 9.17) is 9.47 Å². The van der Waals surface area contributed by atoms with Gasteiger partial charge in [-0.25, -0.2) is 13.1 Å². The van der Waals surface area contributed by atoms with Crippen LogP contribution in [-0.2, 0) is 19.5 Å². The molecule has 1 atom stereocenters. The van der Waals surface area contributed by atoms with Crippen LogP contribution in [0.25, 0.3) is 0 Å². The zero-order valence-electron chi connectivity index (χ0n) is 16.0. The predicted octanol–water partition coefficient (Wildman–Crippen LogP) is 3.77. The fraction of sp³-hybridized carbons (Fsp3) is 0.684. The second kappa shape index (κ2) is 9.05. The van der Waals surface area contributed by atoms with Gasteiger partial charge in [-0.15, -0.1) is 23.5 Å². The number of nitrogens with one attached hydrogen (secondary N) is 1. The van der Waals surface area contributed by atoms with Gasteiger partial charge >= 0.3 is 0 Å². The van der Waals surface area contributed by atoms with Crippen molar-refractivity contribution in [3.63, 3.8) is 0 Å². The summed E-state index contributed by atoms with van der Waals surface area (Å²) < 4.78 is 39.6. The average Bonchev–Trinajstić information content (AvgIpc) is 3.17. The van der Waals surface area contributed by atoms with Gasteiger partial charge in [0.1, 0.15) is 5.60 Å². The highest BCUT2D eigenvalue weighted by molar-refractivity contribution is 8.18. The molecule has 8 heteroatoms. The van der Waals surface area contributed by atoms with E-state index in [1.807, 2.05) is 42.6 Å². The molecule has 2 aliphatic heterocycles. The van der Waals surface area contributed by atoms with Crippen molar-refractivity contribution in [1.29, 1.82) is 0 Å². The van der Waals surface area contributed by atoms with Crippen LogP contribution in [0.1, 0.15) is 37.7 Å². The lowest BCUT2D eigenvalue weighted by molar-refractivity contribution is -0.0894. The smallest absolute Gasteiger partial charge is 0.240 e. The molecule has 2 fully saturated rings. The summed E-state index contributed by atoms with van der Waals surface area (Å²) in [5.74, 6) is 2.15.